The summed E-state index contributed by atoms with van der Waals surface area (Å²) < 4.78 is 29.5. The molecule has 146 valence electrons. The maximum Gasteiger partial charge on any atom is 0.243 e. The van der Waals surface area contributed by atoms with E-state index in [2.05, 4.69) is 10.3 Å². The van der Waals surface area contributed by atoms with Gasteiger partial charge < -0.3 is 9.88 Å². The molecule has 0 aliphatic carbocycles. The van der Waals surface area contributed by atoms with Gasteiger partial charge in [0, 0.05) is 25.3 Å². The van der Waals surface area contributed by atoms with Crippen LogP contribution in [-0.4, -0.2) is 40.8 Å². The summed E-state index contributed by atoms with van der Waals surface area (Å²) >= 11 is 0. The molecule has 1 amide bonds. The molecule has 7 nitrogen and oxygen atoms in total. The van der Waals surface area contributed by atoms with Gasteiger partial charge in [-0.05, 0) is 39.8 Å². The van der Waals surface area contributed by atoms with Crippen LogP contribution in [0.4, 0.5) is 0 Å². The van der Waals surface area contributed by atoms with Crippen molar-refractivity contribution in [3.8, 4) is 0 Å². The molecule has 0 saturated carbocycles. The van der Waals surface area contributed by atoms with E-state index in [1.54, 1.807) is 24.3 Å². The Kier molecular flexibility index (Phi) is 5.39. The second-order valence-electron chi connectivity index (χ2n) is 7.29. The molecule has 0 spiro atoms. The number of imidazole rings is 1. The van der Waals surface area contributed by atoms with Crippen LogP contribution in [0.25, 0.3) is 0 Å². The highest BCUT2D eigenvalue weighted by atomic mass is 32.2. The van der Waals surface area contributed by atoms with E-state index in [-0.39, 0.29) is 23.3 Å². The van der Waals surface area contributed by atoms with E-state index < -0.39 is 16.1 Å². The number of fused-ring (bicyclic) bond motifs is 1. The lowest BCUT2D eigenvalue weighted by Gasteiger charge is -2.32. The molecule has 0 radical (unpaired) electrons. The molecule has 1 aromatic carbocycles. The van der Waals surface area contributed by atoms with Crippen LogP contribution in [-0.2, 0) is 27.8 Å². The fraction of sp³-hybridized carbons (Fsp3) is 0.474. The molecule has 8 heteroatoms. The highest BCUT2D eigenvalue weighted by molar-refractivity contribution is 7.89. The van der Waals surface area contributed by atoms with Crippen molar-refractivity contribution >= 4 is 15.9 Å². The van der Waals surface area contributed by atoms with Gasteiger partial charge in [0.25, 0.3) is 0 Å². The highest BCUT2D eigenvalue weighted by Gasteiger charge is 2.35. The average Bonchev–Trinajstić information content (AvgIpc) is 2.97. The van der Waals surface area contributed by atoms with Gasteiger partial charge in [-0.2, -0.15) is 4.31 Å². The third-order valence-corrected chi connectivity index (χ3v) is 6.63. The number of carbonyl (C=O) groups excluding carboxylic acids is 1. The Morgan fingerprint density at radius 1 is 1.26 bits per heavy atom. The fourth-order valence-electron chi connectivity index (χ4n) is 3.32. The molecule has 1 aliphatic heterocycles. The van der Waals surface area contributed by atoms with Gasteiger partial charge in [0.15, 0.2) is 0 Å². The smallest absolute Gasteiger partial charge is 0.243 e. The molecule has 3 rings (SSSR count). The second kappa shape index (κ2) is 7.44. The summed E-state index contributed by atoms with van der Waals surface area (Å²) in [6.07, 6.45) is 2.04. The molecule has 0 unspecified atom stereocenters. The van der Waals surface area contributed by atoms with E-state index in [0.717, 1.165) is 5.56 Å². The number of rotatable bonds is 5. The molecular formula is C19H26N4O3S. The number of hydrogen-bond acceptors (Lipinski definition) is 4. The number of hydrogen-bond donors (Lipinski definition) is 1. The lowest BCUT2D eigenvalue weighted by Crippen LogP contribution is -2.41. The van der Waals surface area contributed by atoms with E-state index in [9.17, 15) is 13.2 Å². The number of nitrogens with one attached hydrogen (secondary N) is 1. The average molecular weight is 391 g/mol. The van der Waals surface area contributed by atoms with E-state index in [0.29, 0.717) is 24.6 Å². The van der Waals surface area contributed by atoms with Crippen molar-refractivity contribution in [1.29, 1.82) is 0 Å². The summed E-state index contributed by atoms with van der Waals surface area (Å²) in [5.74, 6) is 0.585. The van der Waals surface area contributed by atoms with E-state index >= 15 is 0 Å². The third kappa shape index (κ3) is 4.06. The van der Waals surface area contributed by atoms with E-state index in [1.807, 2.05) is 38.5 Å². The minimum Gasteiger partial charge on any atom is -0.354 e. The molecule has 0 bridgehead atoms. The monoisotopic (exact) mass is 390 g/mol. The first-order valence-electron chi connectivity index (χ1n) is 9.12. The van der Waals surface area contributed by atoms with E-state index in [1.165, 1.54) is 4.31 Å². The van der Waals surface area contributed by atoms with Crippen LogP contribution in [0.15, 0.2) is 35.4 Å². The van der Waals surface area contributed by atoms with Gasteiger partial charge in [-0.25, -0.2) is 13.4 Å². The minimum absolute atomic E-state index is 0.0730. The number of amides is 1. The zero-order valence-electron chi connectivity index (χ0n) is 16.1. The molecule has 2 heterocycles. The van der Waals surface area contributed by atoms with Crippen molar-refractivity contribution in [1.82, 2.24) is 19.2 Å². The van der Waals surface area contributed by atoms with Crippen LogP contribution in [0.1, 0.15) is 43.9 Å². The van der Waals surface area contributed by atoms with Gasteiger partial charge in [-0.1, -0.05) is 17.7 Å². The fourth-order valence-corrected chi connectivity index (χ4v) is 4.91. The number of aryl methyl sites for hydroxylation is 1. The number of sulfonamides is 1. The molecule has 0 saturated heterocycles. The van der Waals surface area contributed by atoms with Crippen molar-refractivity contribution in [2.75, 3.05) is 6.54 Å². The lowest BCUT2D eigenvalue weighted by atomic mass is 10.2. The maximum atomic E-state index is 13.0. The summed E-state index contributed by atoms with van der Waals surface area (Å²) in [5, 5.41) is 2.85. The zero-order valence-corrected chi connectivity index (χ0v) is 17.0. The molecule has 2 aromatic rings. The van der Waals surface area contributed by atoms with Crippen molar-refractivity contribution < 1.29 is 13.2 Å². The van der Waals surface area contributed by atoms with Gasteiger partial charge >= 0.3 is 0 Å². The Hall–Kier alpha value is -2.19. The predicted octanol–water partition coefficient (Wildman–Crippen LogP) is 2.02. The van der Waals surface area contributed by atoms with Crippen LogP contribution in [0.2, 0.25) is 0 Å². The number of aromatic nitrogens is 2. The minimum atomic E-state index is -3.60. The summed E-state index contributed by atoms with van der Waals surface area (Å²) in [7, 11) is -3.60. The Balaban J connectivity index is 1.82. The number of benzene rings is 1. The van der Waals surface area contributed by atoms with Crippen molar-refractivity contribution in [2.24, 2.45) is 0 Å². The maximum absolute atomic E-state index is 13.0. The van der Waals surface area contributed by atoms with Gasteiger partial charge in [0.1, 0.15) is 5.82 Å². The van der Waals surface area contributed by atoms with Crippen LogP contribution < -0.4 is 5.32 Å². The molecule has 1 N–H and O–H groups in total. The van der Waals surface area contributed by atoms with Gasteiger partial charge in [0.2, 0.25) is 15.9 Å². The standard InChI is InChI=1S/C19H26N4O3S/c1-13(2)20-18(24)11-16-12-22-9-10-23(15(4)19(22)21-16)27(25,26)17-7-5-14(3)6-8-17/h5-8,12-13,15H,9-11H2,1-4H3,(H,20,24)/t15-/m1/s1. The summed E-state index contributed by atoms with van der Waals surface area (Å²) in [6, 6.07) is 6.55. The van der Waals surface area contributed by atoms with Crippen molar-refractivity contribution in [3.05, 3.63) is 47.5 Å². The van der Waals surface area contributed by atoms with Crippen LogP contribution in [0, 0.1) is 6.92 Å². The van der Waals surface area contributed by atoms with Gasteiger partial charge in [-0.15, -0.1) is 0 Å². The number of carbonyl (C=O) groups is 1. The molecule has 1 atom stereocenters. The highest BCUT2D eigenvalue weighted by Crippen LogP contribution is 2.30. The zero-order chi connectivity index (χ0) is 19.8. The Bertz CT molecular complexity index is 932. The lowest BCUT2D eigenvalue weighted by molar-refractivity contribution is -0.120. The van der Waals surface area contributed by atoms with Gasteiger partial charge in [0.05, 0.1) is 23.1 Å². The Labute approximate surface area is 160 Å². The topological polar surface area (TPSA) is 84.3 Å². The largest absolute Gasteiger partial charge is 0.354 e. The third-order valence-electron chi connectivity index (χ3n) is 4.64. The first-order valence-corrected chi connectivity index (χ1v) is 10.6. The normalized spacial score (nSPS) is 17.7. The van der Waals surface area contributed by atoms with Crippen molar-refractivity contribution in [2.45, 2.75) is 57.6 Å². The number of nitrogens with zero attached hydrogens (tertiary/aromatic N) is 3. The quantitative estimate of drug-likeness (QED) is 0.847. The predicted molar refractivity (Wildman–Crippen MR) is 103 cm³/mol. The van der Waals surface area contributed by atoms with Crippen LogP contribution >= 0.6 is 0 Å². The molecule has 1 aromatic heterocycles. The van der Waals surface area contributed by atoms with E-state index in [4.69, 9.17) is 0 Å². The summed E-state index contributed by atoms with van der Waals surface area (Å²) in [4.78, 5) is 16.8. The second-order valence-corrected chi connectivity index (χ2v) is 9.18. The summed E-state index contributed by atoms with van der Waals surface area (Å²) in [5.41, 5.74) is 1.67. The molecule has 0 fully saturated rings. The SMILES string of the molecule is Cc1ccc(S(=O)(=O)N2CCn3cc(CC(=O)NC(C)C)nc3[C@H]2C)cc1. The molecule has 1 aliphatic rings. The molecular weight excluding hydrogens is 364 g/mol. The van der Waals surface area contributed by atoms with Crippen LogP contribution in [0.3, 0.4) is 0 Å². The van der Waals surface area contributed by atoms with Crippen LogP contribution in [0.5, 0.6) is 0 Å². The molecule has 27 heavy (non-hydrogen) atoms. The van der Waals surface area contributed by atoms with Crippen molar-refractivity contribution in [3.63, 3.8) is 0 Å². The first kappa shape index (κ1) is 19.6. The van der Waals surface area contributed by atoms with Gasteiger partial charge in [-0.3, -0.25) is 4.79 Å². The Morgan fingerprint density at radius 3 is 2.56 bits per heavy atom. The summed E-state index contributed by atoms with van der Waals surface area (Å²) in [6.45, 7) is 8.47. The first-order chi connectivity index (χ1) is 12.7. The Morgan fingerprint density at radius 2 is 1.93 bits per heavy atom.